The van der Waals surface area contributed by atoms with Gasteiger partial charge in [0.1, 0.15) is 47.9 Å². The number of rotatable bonds is 20. The molecule has 12 N–H and O–H groups in total. The number of urea groups is 1. The van der Waals surface area contributed by atoms with Gasteiger partial charge in [0, 0.05) is 76.6 Å². The number of fused-ring (bicyclic) bond motifs is 2. The fourth-order valence-electron chi connectivity index (χ4n) is 12.1. The summed E-state index contributed by atoms with van der Waals surface area (Å²) in [5.74, 6) is 1.79. The molecule has 4 fully saturated rings. The van der Waals surface area contributed by atoms with Crippen molar-refractivity contribution >= 4 is 51.9 Å². The second-order valence-corrected chi connectivity index (χ2v) is 22.2. The van der Waals surface area contributed by atoms with Crippen molar-refractivity contribution in [2.45, 2.75) is 163 Å². The SMILES string of the molecule is Cn1cnc(CCNc2nc(NC3CCC(NC(=O)NC4CCC(Nc5nc(NCCc6cn(C)cn6)nc6c5ncn6[C@@H]5C[C@H](n6ncc(CO)n6)[C@@H](O)[C@H]5O)CC4)CC3)c3ncn([C@@H]4C[C@H](n5ncc(CO)n5)[C@@H](O)[C@H]4O)c3n2)c1. The van der Waals surface area contributed by atoms with Gasteiger partial charge in [-0.2, -0.15) is 49.9 Å². The van der Waals surface area contributed by atoms with Gasteiger partial charge >= 0.3 is 6.03 Å². The number of nitrogens with one attached hydrogen (secondary N) is 6. The number of aliphatic hydroxyl groups excluding tert-OH is 6. The number of hydrogen-bond acceptors (Lipinski definition) is 23. The van der Waals surface area contributed by atoms with E-state index in [0.29, 0.717) is 83.2 Å². The van der Waals surface area contributed by atoms with Crippen molar-refractivity contribution in [3.63, 3.8) is 0 Å². The number of aromatic nitrogens is 18. The van der Waals surface area contributed by atoms with E-state index in [2.05, 4.69) is 62.3 Å². The Labute approximate surface area is 469 Å². The lowest BCUT2D eigenvalue weighted by Gasteiger charge is -2.32. The highest BCUT2D eigenvalue weighted by Gasteiger charge is 2.47. The summed E-state index contributed by atoms with van der Waals surface area (Å²) in [5.41, 5.74) is 4.53. The van der Waals surface area contributed by atoms with Gasteiger partial charge in [0.05, 0.1) is 74.4 Å². The molecule has 436 valence electrons. The van der Waals surface area contributed by atoms with Crippen molar-refractivity contribution < 1.29 is 35.4 Å². The highest BCUT2D eigenvalue weighted by Crippen LogP contribution is 2.42. The molecule has 8 atom stereocenters. The smallest absolute Gasteiger partial charge is 0.315 e. The summed E-state index contributed by atoms with van der Waals surface area (Å²) in [6, 6.07) is -2.73. The average Bonchev–Trinajstić information content (AvgIpc) is 4.41. The van der Waals surface area contributed by atoms with Gasteiger partial charge in [0.25, 0.3) is 0 Å². The molecule has 0 bridgehead atoms. The molecule has 0 saturated heterocycles. The third kappa shape index (κ3) is 11.5. The van der Waals surface area contributed by atoms with Gasteiger partial charge in [-0.05, 0) is 64.2 Å². The molecular formula is C51H70N24O7. The van der Waals surface area contributed by atoms with Crippen LogP contribution >= 0.6 is 0 Å². The zero-order chi connectivity index (χ0) is 56.6. The van der Waals surface area contributed by atoms with Crippen LogP contribution < -0.4 is 31.9 Å². The van der Waals surface area contributed by atoms with Gasteiger partial charge in [0.15, 0.2) is 34.0 Å². The zero-order valence-electron chi connectivity index (χ0n) is 45.5. The molecule has 8 heterocycles. The number of nitrogens with zero attached hydrogens (tertiary/aromatic N) is 18. The monoisotopic (exact) mass is 1130 g/mol. The molecule has 31 heteroatoms. The van der Waals surface area contributed by atoms with Gasteiger partial charge in [-0.1, -0.05) is 0 Å². The summed E-state index contributed by atoms with van der Waals surface area (Å²) in [4.78, 5) is 54.1. The lowest BCUT2D eigenvalue weighted by atomic mass is 9.90. The van der Waals surface area contributed by atoms with Crippen molar-refractivity contribution in [1.82, 2.24) is 98.8 Å². The molecule has 0 radical (unpaired) electrons. The van der Waals surface area contributed by atoms with Crippen molar-refractivity contribution in [1.29, 1.82) is 0 Å². The lowest BCUT2D eigenvalue weighted by Crippen LogP contribution is -2.49. The largest absolute Gasteiger partial charge is 0.390 e. The Hall–Kier alpha value is -7.97. The molecule has 0 aliphatic heterocycles. The predicted octanol–water partition coefficient (Wildman–Crippen LogP) is 0.171. The standard InChI is InChI=1S/C51H70N24O7/c1-70-19-31(54-23-70)11-13-52-49-64-45(39-47(66-49)72(25-56-39)35-15-37(43(80)41(35)78)74-58-17-33(21-76)68-74)60-27-3-7-29(8-4-27)62-51(82)63-30-9-5-28(6-10-30)61-46-40-48(67-50(65-46)53-14-12-32-20-71(2)24-55-32)73(26-57-40)36-16-38(44(81)42(36)79)75-59-18-34(22-77)69-75/h17-20,23-30,35-38,41-44,76-81H,3-16,21-22H2,1-2H3,(H2,62,63,82)(H2,52,60,64,66)(H2,53,61,65,67)/t27?,28?,29?,30?,35-,36-,37+,38+,41+,42+,43-,44-/m1/s1. The van der Waals surface area contributed by atoms with Crippen LogP contribution in [-0.4, -0.2) is 186 Å². The van der Waals surface area contributed by atoms with Crippen LogP contribution in [0.2, 0.25) is 0 Å². The Morgan fingerprint density at radius 1 is 0.524 bits per heavy atom. The number of aliphatic hydroxyl groups is 6. The summed E-state index contributed by atoms with van der Waals surface area (Å²) in [6.07, 6.45) is 16.6. The number of amides is 2. The summed E-state index contributed by atoms with van der Waals surface area (Å²) in [7, 11) is 3.84. The molecule has 0 aromatic carbocycles. The molecule has 82 heavy (non-hydrogen) atoms. The second-order valence-electron chi connectivity index (χ2n) is 22.2. The summed E-state index contributed by atoms with van der Waals surface area (Å²) in [5, 5.41) is 102. The molecule has 8 aromatic heterocycles. The van der Waals surface area contributed by atoms with E-state index in [-0.39, 0.29) is 56.3 Å². The molecule has 2 amide bonds. The quantitative estimate of drug-likeness (QED) is 0.0484. The molecular weight excluding hydrogens is 1060 g/mol. The normalized spacial score (nSPS) is 26.6. The molecule has 4 aliphatic rings. The van der Waals surface area contributed by atoms with Crippen LogP contribution in [0.3, 0.4) is 0 Å². The molecule has 0 unspecified atom stereocenters. The van der Waals surface area contributed by atoms with Crippen LogP contribution in [0.5, 0.6) is 0 Å². The molecule has 31 nitrogen and oxygen atoms in total. The maximum Gasteiger partial charge on any atom is 0.315 e. The van der Waals surface area contributed by atoms with Crippen molar-refractivity contribution in [3.05, 3.63) is 72.9 Å². The van der Waals surface area contributed by atoms with Gasteiger partial charge in [-0.25, -0.2) is 24.7 Å². The fourth-order valence-corrected chi connectivity index (χ4v) is 12.1. The first-order valence-corrected chi connectivity index (χ1v) is 28.1. The van der Waals surface area contributed by atoms with Gasteiger partial charge in [0.2, 0.25) is 11.9 Å². The van der Waals surface area contributed by atoms with Crippen molar-refractivity contribution in [2.75, 3.05) is 34.4 Å². The third-order valence-corrected chi connectivity index (χ3v) is 16.5. The van der Waals surface area contributed by atoms with E-state index in [9.17, 15) is 35.4 Å². The minimum Gasteiger partial charge on any atom is -0.390 e. The molecule has 0 spiro atoms. The number of hydrogen-bond donors (Lipinski definition) is 12. The van der Waals surface area contributed by atoms with E-state index >= 15 is 0 Å². The highest BCUT2D eigenvalue weighted by molar-refractivity contribution is 5.85. The highest BCUT2D eigenvalue weighted by atomic mass is 16.3. The maximum atomic E-state index is 13.6. The fraction of sp³-hybridized carbons (Fsp3) is 0.588. The summed E-state index contributed by atoms with van der Waals surface area (Å²) < 4.78 is 7.34. The van der Waals surface area contributed by atoms with Crippen LogP contribution in [0.15, 0.2) is 50.1 Å². The summed E-state index contributed by atoms with van der Waals surface area (Å²) in [6.45, 7) is 0.425. The average molecular weight is 1130 g/mol. The Bertz CT molecular complexity index is 3240. The molecule has 4 saturated carbocycles. The van der Waals surface area contributed by atoms with E-state index in [1.54, 1.807) is 34.4 Å². The Morgan fingerprint density at radius 3 is 1.30 bits per heavy atom. The number of aryl methyl sites for hydroxylation is 2. The van der Waals surface area contributed by atoms with Crippen LogP contribution in [0.25, 0.3) is 22.3 Å². The van der Waals surface area contributed by atoms with Crippen molar-refractivity contribution in [3.8, 4) is 0 Å². The first-order chi connectivity index (χ1) is 39.8. The molecule has 12 rings (SSSR count). The maximum absolute atomic E-state index is 13.6. The van der Waals surface area contributed by atoms with E-state index in [1.165, 1.54) is 22.0 Å². The number of anilines is 4. The Morgan fingerprint density at radius 2 is 0.927 bits per heavy atom. The van der Waals surface area contributed by atoms with Gasteiger partial charge in [-0.15, -0.1) is 0 Å². The third-order valence-electron chi connectivity index (χ3n) is 16.5. The Kier molecular flexibility index (Phi) is 15.6. The lowest BCUT2D eigenvalue weighted by molar-refractivity contribution is 0.00491. The molecule has 4 aliphatic carbocycles. The summed E-state index contributed by atoms with van der Waals surface area (Å²) >= 11 is 0. The van der Waals surface area contributed by atoms with Crippen LogP contribution in [0.4, 0.5) is 28.3 Å². The van der Waals surface area contributed by atoms with Gasteiger partial charge < -0.3 is 80.8 Å². The number of carbonyl (C=O) groups is 1. The number of carbonyl (C=O) groups excluding carboxylic acids is 1. The first-order valence-electron chi connectivity index (χ1n) is 28.1. The number of imidazole rings is 4. The van der Waals surface area contributed by atoms with E-state index in [4.69, 9.17) is 29.9 Å². The minimum atomic E-state index is -1.18. The van der Waals surface area contributed by atoms with E-state index < -0.39 is 48.6 Å². The minimum absolute atomic E-state index is 0.0214. The van der Waals surface area contributed by atoms with Gasteiger partial charge in [-0.3, -0.25) is 0 Å². The zero-order valence-corrected chi connectivity index (χ0v) is 45.5. The van der Waals surface area contributed by atoms with E-state index in [0.717, 1.165) is 62.8 Å². The molecule has 8 aromatic rings. The predicted molar refractivity (Wildman–Crippen MR) is 294 cm³/mol. The van der Waals surface area contributed by atoms with Crippen LogP contribution in [0, 0.1) is 0 Å². The topological polar surface area (TPSA) is 395 Å². The van der Waals surface area contributed by atoms with Crippen molar-refractivity contribution in [2.24, 2.45) is 14.1 Å². The first kappa shape index (κ1) is 54.6. The van der Waals surface area contributed by atoms with Crippen LogP contribution in [0.1, 0.15) is 111 Å². The van der Waals surface area contributed by atoms with E-state index in [1.807, 2.05) is 35.6 Å². The second kappa shape index (κ2) is 23.5. The Balaban J connectivity index is 0.662. The van der Waals surface area contributed by atoms with Crippen LogP contribution in [-0.2, 0) is 40.2 Å².